The van der Waals surface area contributed by atoms with E-state index < -0.39 is 0 Å². The van der Waals surface area contributed by atoms with Crippen molar-refractivity contribution < 1.29 is 4.79 Å². The summed E-state index contributed by atoms with van der Waals surface area (Å²) in [5.74, 6) is 0.858. The van der Waals surface area contributed by atoms with Gasteiger partial charge in [-0.2, -0.15) is 0 Å². The second kappa shape index (κ2) is 8.75. The summed E-state index contributed by atoms with van der Waals surface area (Å²) in [6.07, 6.45) is 3.84. The summed E-state index contributed by atoms with van der Waals surface area (Å²) in [5, 5.41) is 1.08. The zero-order chi connectivity index (χ0) is 21.9. The number of piperazine rings is 1. The summed E-state index contributed by atoms with van der Waals surface area (Å²) in [5.41, 5.74) is 5.10. The molecule has 0 spiro atoms. The first-order chi connectivity index (χ1) is 15.7. The molecule has 2 aromatic heterocycles. The van der Waals surface area contributed by atoms with E-state index in [1.54, 1.807) is 12.4 Å². The maximum absolute atomic E-state index is 13.3. The minimum absolute atomic E-state index is 0.135. The van der Waals surface area contributed by atoms with Gasteiger partial charge in [0.2, 0.25) is 11.9 Å². The average molecular weight is 424 g/mol. The number of hydrogen-bond acceptors (Lipinski definition) is 5. The van der Waals surface area contributed by atoms with Crippen molar-refractivity contribution in [2.45, 2.75) is 13.3 Å². The van der Waals surface area contributed by atoms with Crippen LogP contribution in [0.5, 0.6) is 0 Å². The van der Waals surface area contributed by atoms with Crippen LogP contribution in [0.15, 0.2) is 73.1 Å². The molecule has 1 aliphatic rings. The van der Waals surface area contributed by atoms with E-state index in [-0.39, 0.29) is 5.91 Å². The van der Waals surface area contributed by atoms with E-state index in [2.05, 4.69) is 33.1 Å². The van der Waals surface area contributed by atoms with Crippen LogP contribution in [0.25, 0.3) is 22.0 Å². The van der Waals surface area contributed by atoms with Gasteiger partial charge >= 0.3 is 0 Å². The van der Waals surface area contributed by atoms with Crippen LogP contribution in [0, 0.1) is 6.92 Å². The molecule has 3 heterocycles. The number of carbonyl (C=O) groups is 1. The van der Waals surface area contributed by atoms with Gasteiger partial charge in [-0.3, -0.25) is 9.78 Å². The van der Waals surface area contributed by atoms with Gasteiger partial charge in [0.25, 0.3) is 0 Å². The first-order valence-corrected chi connectivity index (χ1v) is 10.9. The smallest absolute Gasteiger partial charge is 0.227 e. The predicted octanol–water partition coefficient (Wildman–Crippen LogP) is 3.89. The Balaban J connectivity index is 1.42. The average Bonchev–Trinajstić information content (AvgIpc) is 2.85. The van der Waals surface area contributed by atoms with Crippen molar-refractivity contribution in [1.82, 2.24) is 19.9 Å². The molecule has 6 nitrogen and oxygen atoms in total. The van der Waals surface area contributed by atoms with Gasteiger partial charge in [-0.05, 0) is 35.7 Å². The standard InChI is InChI=1S/C26H25N5O/c1-19-22(18-24(32)30-14-16-31(17-15-30)26-27-12-7-13-28-26)25(20-8-3-2-4-9-20)21-10-5-6-11-23(21)29-19/h2-13H,14-18H2,1H3. The lowest BCUT2D eigenvalue weighted by Gasteiger charge is -2.35. The van der Waals surface area contributed by atoms with Gasteiger partial charge in [-0.25, -0.2) is 9.97 Å². The van der Waals surface area contributed by atoms with Crippen molar-refractivity contribution in [2.75, 3.05) is 31.1 Å². The van der Waals surface area contributed by atoms with Gasteiger partial charge in [0.15, 0.2) is 0 Å². The molecule has 160 valence electrons. The Hall–Kier alpha value is -3.80. The second-order valence-corrected chi connectivity index (χ2v) is 8.03. The number of amides is 1. The molecular weight excluding hydrogens is 398 g/mol. The Bertz CT molecular complexity index is 1240. The predicted molar refractivity (Wildman–Crippen MR) is 126 cm³/mol. The van der Waals surface area contributed by atoms with Crippen molar-refractivity contribution in [3.05, 3.63) is 84.3 Å². The molecule has 0 saturated carbocycles. The third kappa shape index (κ3) is 3.91. The molecule has 5 rings (SSSR count). The van der Waals surface area contributed by atoms with Gasteiger partial charge in [0, 0.05) is 49.7 Å². The van der Waals surface area contributed by atoms with Crippen LogP contribution in [-0.4, -0.2) is 51.9 Å². The fraction of sp³-hybridized carbons (Fsp3) is 0.231. The minimum atomic E-state index is 0.135. The van der Waals surface area contributed by atoms with Crippen molar-refractivity contribution in [1.29, 1.82) is 0 Å². The number of anilines is 1. The Morgan fingerprint density at radius 1 is 0.875 bits per heavy atom. The minimum Gasteiger partial charge on any atom is -0.339 e. The number of pyridine rings is 1. The monoisotopic (exact) mass is 423 g/mol. The highest BCUT2D eigenvalue weighted by molar-refractivity contribution is 5.98. The molecule has 0 atom stereocenters. The van der Waals surface area contributed by atoms with E-state index in [1.807, 2.05) is 54.3 Å². The van der Waals surface area contributed by atoms with E-state index in [1.165, 1.54) is 0 Å². The molecular formula is C26H25N5O. The summed E-state index contributed by atoms with van der Waals surface area (Å²) in [7, 11) is 0. The molecule has 6 heteroatoms. The van der Waals surface area contributed by atoms with Crippen LogP contribution in [0.4, 0.5) is 5.95 Å². The fourth-order valence-corrected chi connectivity index (χ4v) is 4.40. The molecule has 4 aromatic rings. The van der Waals surface area contributed by atoms with Gasteiger partial charge in [0.05, 0.1) is 11.9 Å². The lowest BCUT2D eigenvalue weighted by molar-refractivity contribution is -0.130. The molecule has 0 radical (unpaired) electrons. The molecule has 0 unspecified atom stereocenters. The second-order valence-electron chi connectivity index (χ2n) is 8.03. The van der Waals surface area contributed by atoms with Crippen LogP contribution >= 0.6 is 0 Å². The molecule has 1 fully saturated rings. The summed E-state index contributed by atoms with van der Waals surface area (Å²) in [6, 6.07) is 20.3. The number of rotatable bonds is 4. The third-order valence-corrected chi connectivity index (χ3v) is 6.06. The van der Waals surface area contributed by atoms with Crippen LogP contribution in [0.3, 0.4) is 0 Å². The zero-order valence-electron chi connectivity index (χ0n) is 18.1. The number of hydrogen-bond donors (Lipinski definition) is 0. The van der Waals surface area contributed by atoms with Gasteiger partial charge < -0.3 is 9.80 Å². The van der Waals surface area contributed by atoms with E-state index in [4.69, 9.17) is 4.98 Å². The number of aryl methyl sites for hydroxylation is 1. The van der Waals surface area contributed by atoms with E-state index in [0.29, 0.717) is 19.5 Å². The van der Waals surface area contributed by atoms with Gasteiger partial charge in [-0.15, -0.1) is 0 Å². The largest absolute Gasteiger partial charge is 0.339 e. The van der Waals surface area contributed by atoms with Crippen LogP contribution in [0.2, 0.25) is 0 Å². The molecule has 32 heavy (non-hydrogen) atoms. The number of para-hydroxylation sites is 1. The molecule has 1 amide bonds. The van der Waals surface area contributed by atoms with E-state index >= 15 is 0 Å². The first kappa shape index (κ1) is 20.1. The lowest BCUT2D eigenvalue weighted by Crippen LogP contribution is -2.49. The number of benzene rings is 2. The van der Waals surface area contributed by atoms with Crippen molar-refractivity contribution in [2.24, 2.45) is 0 Å². The Morgan fingerprint density at radius 3 is 2.31 bits per heavy atom. The lowest BCUT2D eigenvalue weighted by atomic mass is 9.92. The summed E-state index contributed by atoms with van der Waals surface area (Å²) < 4.78 is 0. The number of fused-ring (bicyclic) bond motifs is 1. The molecule has 0 N–H and O–H groups in total. The highest BCUT2D eigenvalue weighted by atomic mass is 16.2. The Kier molecular flexibility index (Phi) is 5.50. The summed E-state index contributed by atoms with van der Waals surface area (Å²) in [4.78, 5) is 30.9. The first-order valence-electron chi connectivity index (χ1n) is 10.9. The third-order valence-electron chi connectivity index (χ3n) is 6.06. The normalized spacial score (nSPS) is 14.0. The van der Waals surface area contributed by atoms with E-state index in [9.17, 15) is 4.79 Å². The number of carbonyl (C=O) groups excluding carboxylic acids is 1. The fourth-order valence-electron chi connectivity index (χ4n) is 4.40. The molecule has 2 aromatic carbocycles. The van der Waals surface area contributed by atoms with Crippen LogP contribution in [0.1, 0.15) is 11.3 Å². The highest BCUT2D eigenvalue weighted by Crippen LogP contribution is 2.33. The number of aromatic nitrogens is 3. The van der Waals surface area contributed by atoms with Crippen LogP contribution < -0.4 is 4.90 Å². The van der Waals surface area contributed by atoms with E-state index in [0.717, 1.165) is 52.3 Å². The molecule has 1 saturated heterocycles. The van der Waals surface area contributed by atoms with Gasteiger partial charge in [-0.1, -0.05) is 48.5 Å². The molecule has 0 bridgehead atoms. The SMILES string of the molecule is Cc1nc2ccccc2c(-c2ccccc2)c1CC(=O)N1CCN(c2ncccn2)CC1. The molecule has 1 aliphatic heterocycles. The van der Waals surface area contributed by atoms with Gasteiger partial charge in [0.1, 0.15) is 0 Å². The highest BCUT2D eigenvalue weighted by Gasteiger charge is 2.24. The quantitative estimate of drug-likeness (QED) is 0.498. The van der Waals surface area contributed by atoms with Crippen molar-refractivity contribution in [3.8, 4) is 11.1 Å². The van der Waals surface area contributed by atoms with Crippen molar-refractivity contribution >= 4 is 22.8 Å². The summed E-state index contributed by atoms with van der Waals surface area (Å²) >= 11 is 0. The molecule has 0 aliphatic carbocycles. The number of nitrogens with zero attached hydrogens (tertiary/aromatic N) is 5. The Morgan fingerprint density at radius 2 is 1.56 bits per heavy atom. The van der Waals surface area contributed by atoms with Crippen molar-refractivity contribution in [3.63, 3.8) is 0 Å². The van der Waals surface area contributed by atoms with Crippen LogP contribution in [-0.2, 0) is 11.2 Å². The topological polar surface area (TPSA) is 62.2 Å². The Labute approximate surface area is 187 Å². The summed E-state index contributed by atoms with van der Waals surface area (Å²) in [6.45, 7) is 4.80. The maximum atomic E-state index is 13.3. The maximum Gasteiger partial charge on any atom is 0.227 e. The zero-order valence-corrected chi connectivity index (χ0v) is 18.1.